The van der Waals surface area contributed by atoms with E-state index in [2.05, 4.69) is 21.2 Å². The van der Waals surface area contributed by atoms with Crippen LogP contribution in [-0.4, -0.2) is 18.9 Å². The Labute approximate surface area is 92.8 Å². The van der Waals surface area contributed by atoms with Gasteiger partial charge in [0.25, 0.3) is 0 Å². The highest BCUT2D eigenvalue weighted by Gasteiger charge is 2.10. The quantitative estimate of drug-likeness (QED) is 0.894. The van der Waals surface area contributed by atoms with E-state index in [0.717, 1.165) is 10.0 Å². The number of hydrogen-bond donors (Lipinski definition) is 1. The van der Waals surface area contributed by atoms with Gasteiger partial charge in [0.1, 0.15) is 0 Å². The van der Waals surface area contributed by atoms with Crippen LogP contribution in [0.2, 0.25) is 0 Å². The number of nitrogens with one attached hydrogen (secondary N) is 1. The predicted molar refractivity (Wildman–Crippen MR) is 61.4 cm³/mol. The molecule has 3 heteroatoms. The second kappa shape index (κ2) is 5.27. The summed E-state index contributed by atoms with van der Waals surface area (Å²) in [6, 6.07) is 7.76. The Morgan fingerprint density at radius 3 is 2.86 bits per heavy atom. The molecule has 0 saturated heterocycles. The van der Waals surface area contributed by atoms with Gasteiger partial charge in [0.15, 0.2) is 5.78 Å². The number of carbonyl (C=O) groups excluding carboxylic acids is 1. The maximum atomic E-state index is 11.6. The summed E-state index contributed by atoms with van der Waals surface area (Å²) in [6.07, 6.45) is 0.488. The predicted octanol–water partition coefficient (Wildman–Crippen LogP) is 2.17. The van der Waals surface area contributed by atoms with Crippen LogP contribution in [0.5, 0.6) is 0 Å². The molecule has 0 aliphatic heterocycles. The van der Waals surface area contributed by atoms with Crippen LogP contribution in [0.1, 0.15) is 12.5 Å². The number of benzene rings is 1. The van der Waals surface area contributed by atoms with Crippen molar-refractivity contribution in [1.29, 1.82) is 0 Å². The Hall–Kier alpha value is -0.670. The van der Waals surface area contributed by atoms with E-state index >= 15 is 0 Å². The molecule has 0 radical (unpaired) electrons. The van der Waals surface area contributed by atoms with Gasteiger partial charge in [-0.05, 0) is 31.7 Å². The molecule has 1 unspecified atom stereocenters. The van der Waals surface area contributed by atoms with E-state index in [4.69, 9.17) is 0 Å². The smallest absolute Gasteiger partial charge is 0.153 e. The normalized spacial score (nSPS) is 12.5. The topological polar surface area (TPSA) is 29.1 Å². The molecule has 0 heterocycles. The molecule has 0 spiro atoms. The van der Waals surface area contributed by atoms with Gasteiger partial charge in [0.2, 0.25) is 0 Å². The number of Topliss-reactive ketones (excluding diaryl/α,β-unsaturated/α-hetero) is 1. The second-order valence-electron chi connectivity index (χ2n) is 3.28. The van der Waals surface area contributed by atoms with Gasteiger partial charge in [-0.25, -0.2) is 0 Å². The molecular formula is C11H14BrNO. The molecule has 1 aromatic rings. The summed E-state index contributed by atoms with van der Waals surface area (Å²) in [5.74, 6) is 0.214. The van der Waals surface area contributed by atoms with Crippen molar-refractivity contribution in [2.24, 2.45) is 0 Å². The lowest BCUT2D eigenvalue weighted by Gasteiger charge is -2.08. The molecule has 1 rings (SSSR count). The van der Waals surface area contributed by atoms with Crippen LogP contribution in [0.25, 0.3) is 0 Å². The molecule has 1 atom stereocenters. The first kappa shape index (κ1) is 11.4. The number of ketones is 1. The SMILES string of the molecule is CNC(C)C(=O)Cc1cccc(Br)c1. The van der Waals surface area contributed by atoms with Crippen molar-refractivity contribution in [3.63, 3.8) is 0 Å². The molecule has 14 heavy (non-hydrogen) atoms. The summed E-state index contributed by atoms with van der Waals surface area (Å²) >= 11 is 3.38. The molecule has 76 valence electrons. The summed E-state index contributed by atoms with van der Waals surface area (Å²) < 4.78 is 1.01. The van der Waals surface area contributed by atoms with Gasteiger partial charge < -0.3 is 5.32 Å². The van der Waals surface area contributed by atoms with Gasteiger partial charge in [-0.15, -0.1) is 0 Å². The molecule has 0 aromatic heterocycles. The molecule has 1 aromatic carbocycles. The van der Waals surface area contributed by atoms with Crippen LogP contribution in [0.3, 0.4) is 0 Å². The van der Waals surface area contributed by atoms with Crippen LogP contribution in [0, 0.1) is 0 Å². The molecule has 0 aliphatic rings. The molecule has 1 N–H and O–H groups in total. The largest absolute Gasteiger partial charge is 0.311 e. The monoisotopic (exact) mass is 255 g/mol. The Morgan fingerprint density at radius 2 is 2.29 bits per heavy atom. The van der Waals surface area contributed by atoms with Gasteiger partial charge in [-0.3, -0.25) is 4.79 Å². The first-order valence-corrected chi connectivity index (χ1v) is 5.37. The molecule has 2 nitrogen and oxygen atoms in total. The lowest BCUT2D eigenvalue weighted by Crippen LogP contribution is -2.31. The minimum Gasteiger partial charge on any atom is -0.311 e. The van der Waals surface area contributed by atoms with Crippen molar-refractivity contribution < 1.29 is 4.79 Å². The van der Waals surface area contributed by atoms with Gasteiger partial charge in [0.05, 0.1) is 6.04 Å². The molecule has 0 bridgehead atoms. The van der Waals surface area contributed by atoms with Crippen LogP contribution in [0.15, 0.2) is 28.7 Å². The highest BCUT2D eigenvalue weighted by molar-refractivity contribution is 9.10. The third kappa shape index (κ3) is 3.24. The highest BCUT2D eigenvalue weighted by atomic mass is 79.9. The van der Waals surface area contributed by atoms with E-state index in [0.29, 0.717) is 6.42 Å². The van der Waals surface area contributed by atoms with Crippen molar-refractivity contribution >= 4 is 21.7 Å². The van der Waals surface area contributed by atoms with Gasteiger partial charge in [-0.2, -0.15) is 0 Å². The molecule has 0 amide bonds. The molecule has 0 saturated carbocycles. The zero-order valence-electron chi connectivity index (χ0n) is 8.38. The first-order valence-electron chi connectivity index (χ1n) is 4.58. The Balaban J connectivity index is 2.65. The Kier molecular flexibility index (Phi) is 4.29. The third-order valence-electron chi connectivity index (χ3n) is 2.18. The Bertz CT molecular complexity index is 325. The van der Waals surface area contributed by atoms with Gasteiger partial charge >= 0.3 is 0 Å². The minimum atomic E-state index is -0.0750. The Morgan fingerprint density at radius 1 is 1.57 bits per heavy atom. The summed E-state index contributed by atoms with van der Waals surface area (Å²) in [7, 11) is 1.80. The third-order valence-corrected chi connectivity index (χ3v) is 2.68. The van der Waals surface area contributed by atoms with Crippen LogP contribution in [0.4, 0.5) is 0 Å². The average molecular weight is 256 g/mol. The maximum Gasteiger partial charge on any atom is 0.153 e. The van der Waals surface area contributed by atoms with E-state index < -0.39 is 0 Å². The van der Waals surface area contributed by atoms with Gasteiger partial charge in [-0.1, -0.05) is 28.1 Å². The lowest BCUT2D eigenvalue weighted by atomic mass is 10.1. The van der Waals surface area contributed by atoms with Crippen molar-refractivity contribution in [1.82, 2.24) is 5.32 Å². The number of halogens is 1. The average Bonchev–Trinajstić information content (AvgIpc) is 2.16. The second-order valence-corrected chi connectivity index (χ2v) is 4.20. The van der Waals surface area contributed by atoms with Crippen molar-refractivity contribution in [2.45, 2.75) is 19.4 Å². The number of carbonyl (C=O) groups is 1. The van der Waals surface area contributed by atoms with Crippen molar-refractivity contribution in [3.05, 3.63) is 34.3 Å². The summed E-state index contributed by atoms with van der Waals surface area (Å²) in [5.41, 5.74) is 1.05. The summed E-state index contributed by atoms with van der Waals surface area (Å²) in [6.45, 7) is 1.88. The lowest BCUT2D eigenvalue weighted by molar-refractivity contribution is -0.119. The zero-order chi connectivity index (χ0) is 10.6. The van der Waals surface area contributed by atoms with Crippen LogP contribution >= 0.6 is 15.9 Å². The first-order chi connectivity index (χ1) is 6.63. The standard InChI is InChI=1S/C11H14BrNO/c1-8(13-2)11(14)7-9-4-3-5-10(12)6-9/h3-6,8,13H,7H2,1-2H3. The number of hydrogen-bond acceptors (Lipinski definition) is 2. The minimum absolute atomic E-state index is 0.0750. The fourth-order valence-corrected chi connectivity index (χ4v) is 1.61. The fraction of sp³-hybridized carbons (Fsp3) is 0.364. The molecule has 0 fully saturated rings. The van der Waals surface area contributed by atoms with Gasteiger partial charge in [0, 0.05) is 10.9 Å². The molecular weight excluding hydrogens is 242 g/mol. The van der Waals surface area contributed by atoms with E-state index in [-0.39, 0.29) is 11.8 Å². The van der Waals surface area contributed by atoms with Crippen molar-refractivity contribution in [2.75, 3.05) is 7.05 Å². The van der Waals surface area contributed by atoms with Crippen molar-refractivity contribution in [3.8, 4) is 0 Å². The highest BCUT2D eigenvalue weighted by Crippen LogP contribution is 2.12. The zero-order valence-corrected chi connectivity index (χ0v) is 9.97. The number of rotatable bonds is 4. The molecule has 0 aliphatic carbocycles. The fourth-order valence-electron chi connectivity index (χ4n) is 1.16. The van der Waals surface area contributed by atoms with E-state index in [1.807, 2.05) is 31.2 Å². The summed E-state index contributed by atoms with van der Waals surface area (Å²) in [4.78, 5) is 11.6. The summed E-state index contributed by atoms with van der Waals surface area (Å²) in [5, 5.41) is 2.94. The maximum absolute atomic E-state index is 11.6. The van der Waals surface area contributed by atoms with Crippen LogP contribution in [-0.2, 0) is 11.2 Å². The van der Waals surface area contributed by atoms with E-state index in [1.165, 1.54) is 0 Å². The van der Waals surface area contributed by atoms with Crippen LogP contribution < -0.4 is 5.32 Å². The van der Waals surface area contributed by atoms with E-state index in [1.54, 1.807) is 7.05 Å². The number of likely N-dealkylation sites (N-methyl/N-ethyl adjacent to an activating group) is 1. The van der Waals surface area contributed by atoms with E-state index in [9.17, 15) is 4.79 Å².